The second kappa shape index (κ2) is 4.81. The quantitative estimate of drug-likeness (QED) is 0.838. The van der Waals surface area contributed by atoms with Crippen LogP contribution in [0.2, 0.25) is 0 Å². The Kier molecular flexibility index (Phi) is 3.66. The van der Waals surface area contributed by atoms with Gasteiger partial charge in [-0.15, -0.1) is 0 Å². The zero-order chi connectivity index (χ0) is 13.1. The number of carbonyl (C=O) groups excluding carboxylic acids is 1. The van der Waals surface area contributed by atoms with Crippen LogP contribution in [0, 0.1) is 0 Å². The Balaban J connectivity index is 2.86. The highest BCUT2D eigenvalue weighted by Gasteiger charge is 2.29. The molecule has 0 unspecified atom stereocenters. The summed E-state index contributed by atoms with van der Waals surface area (Å²) >= 11 is 0. The van der Waals surface area contributed by atoms with Crippen molar-refractivity contribution in [1.82, 2.24) is 10.3 Å². The molecule has 92 valence electrons. The van der Waals surface area contributed by atoms with Crippen molar-refractivity contribution >= 4 is 11.9 Å². The van der Waals surface area contributed by atoms with Gasteiger partial charge in [0, 0.05) is 6.20 Å². The SMILES string of the molecule is O=C(O)c1cccnc1C(=O)NCC(F)(F)F. The number of halogens is 3. The topological polar surface area (TPSA) is 79.3 Å². The summed E-state index contributed by atoms with van der Waals surface area (Å²) in [6.07, 6.45) is -3.44. The van der Waals surface area contributed by atoms with Crippen LogP contribution >= 0.6 is 0 Å². The van der Waals surface area contributed by atoms with Crippen LogP contribution in [0.5, 0.6) is 0 Å². The molecule has 1 rings (SSSR count). The lowest BCUT2D eigenvalue weighted by molar-refractivity contribution is -0.123. The van der Waals surface area contributed by atoms with Gasteiger partial charge in [0.1, 0.15) is 12.2 Å². The van der Waals surface area contributed by atoms with E-state index in [1.54, 1.807) is 5.32 Å². The number of alkyl halides is 3. The lowest BCUT2D eigenvalue weighted by atomic mass is 10.2. The van der Waals surface area contributed by atoms with E-state index in [2.05, 4.69) is 4.98 Å². The van der Waals surface area contributed by atoms with Gasteiger partial charge in [-0.25, -0.2) is 4.79 Å². The summed E-state index contributed by atoms with van der Waals surface area (Å²) < 4.78 is 35.5. The summed E-state index contributed by atoms with van der Waals surface area (Å²) in [5, 5.41) is 10.2. The molecule has 0 aliphatic heterocycles. The van der Waals surface area contributed by atoms with E-state index in [0.29, 0.717) is 0 Å². The van der Waals surface area contributed by atoms with Crippen molar-refractivity contribution in [3.63, 3.8) is 0 Å². The van der Waals surface area contributed by atoms with Gasteiger partial charge >= 0.3 is 12.1 Å². The maximum Gasteiger partial charge on any atom is 0.405 e. The van der Waals surface area contributed by atoms with Crippen molar-refractivity contribution in [2.45, 2.75) is 6.18 Å². The van der Waals surface area contributed by atoms with Crippen molar-refractivity contribution in [2.75, 3.05) is 6.54 Å². The van der Waals surface area contributed by atoms with E-state index in [1.807, 2.05) is 0 Å². The summed E-state index contributed by atoms with van der Waals surface area (Å²) in [4.78, 5) is 25.4. The summed E-state index contributed by atoms with van der Waals surface area (Å²) in [6, 6.07) is 2.35. The molecule has 0 radical (unpaired) electrons. The predicted molar refractivity (Wildman–Crippen MR) is 49.6 cm³/mol. The third-order valence-electron chi connectivity index (χ3n) is 1.70. The molecule has 0 aliphatic carbocycles. The highest BCUT2D eigenvalue weighted by molar-refractivity contribution is 6.03. The Labute approximate surface area is 93.3 Å². The molecular formula is C9H7F3N2O3. The van der Waals surface area contributed by atoms with Gasteiger partial charge in [-0.05, 0) is 12.1 Å². The molecule has 1 aromatic rings. The van der Waals surface area contributed by atoms with Gasteiger partial charge in [0.05, 0.1) is 5.56 Å². The molecular weight excluding hydrogens is 241 g/mol. The van der Waals surface area contributed by atoms with Crippen LogP contribution in [0.1, 0.15) is 20.8 Å². The van der Waals surface area contributed by atoms with E-state index in [4.69, 9.17) is 5.11 Å². The number of hydrogen-bond donors (Lipinski definition) is 2. The number of carboxylic acids is 1. The first-order valence-corrected chi connectivity index (χ1v) is 4.34. The highest BCUT2D eigenvalue weighted by atomic mass is 19.4. The van der Waals surface area contributed by atoms with Gasteiger partial charge in [0.25, 0.3) is 5.91 Å². The molecule has 0 aromatic carbocycles. The largest absolute Gasteiger partial charge is 0.478 e. The van der Waals surface area contributed by atoms with E-state index >= 15 is 0 Å². The Hall–Kier alpha value is -2.12. The van der Waals surface area contributed by atoms with Crippen LogP contribution in [0.25, 0.3) is 0 Å². The van der Waals surface area contributed by atoms with Crippen LogP contribution in [0.4, 0.5) is 13.2 Å². The third kappa shape index (κ3) is 3.74. The third-order valence-corrected chi connectivity index (χ3v) is 1.70. The molecule has 0 saturated heterocycles. The Morgan fingerprint density at radius 1 is 1.41 bits per heavy atom. The Morgan fingerprint density at radius 3 is 2.59 bits per heavy atom. The second-order valence-corrected chi connectivity index (χ2v) is 3.00. The number of carbonyl (C=O) groups is 2. The Bertz CT molecular complexity index is 445. The van der Waals surface area contributed by atoms with Crippen LogP contribution in [0.15, 0.2) is 18.3 Å². The van der Waals surface area contributed by atoms with Crippen LogP contribution < -0.4 is 5.32 Å². The minimum atomic E-state index is -4.56. The van der Waals surface area contributed by atoms with E-state index < -0.39 is 35.9 Å². The average Bonchev–Trinajstić information content (AvgIpc) is 2.25. The molecule has 0 atom stereocenters. The number of nitrogens with one attached hydrogen (secondary N) is 1. The fraction of sp³-hybridized carbons (Fsp3) is 0.222. The minimum absolute atomic E-state index is 0.452. The minimum Gasteiger partial charge on any atom is -0.478 e. The molecule has 2 N–H and O–H groups in total. The summed E-state index contributed by atoms with van der Waals surface area (Å²) in [7, 11) is 0. The van der Waals surface area contributed by atoms with Gasteiger partial charge in [-0.1, -0.05) is 0 Å². The second-order valence-electron chi connectivity index (χ2n) is 3.00. The number of hydrogen-bond acceptors (Lipinski definition) is 3. The van der Waals surface area contributed by atoms with Gasteiger partial charge in [-0.3, -0.25) is 9.78 Å². The van der Waals surface area contributed by atoms with Gasteiger partial charge < -0.3 is 10.4 Å². The summed E-state index contributed by atoms with van der Waals surface area (Å²) in [5.74, 6) is -2.62. The Morgan fingerprint density at radius 2 is 2.06 bits per heavy atom. The maximum atomic E-state index is 11.8. The number of pyridine rings is 1. The first-order valence-electron chi connectivity index (χ1n) is 4.34. The average molecular weight is 248 g/mol. The number of aromatic carboxylic acids is 1. The highest BCUT2D eigenvalue weighted by Crippen LogP contribution is 2.13. The molecule has 1 amide bonds. The van der Waals surface area contributed by atoms with Gasteiger partial charge in [-0.2, -0.15) is 13.2 Å². The first-order chi connectivity index (χ1) is 7.81. The van der Waals surface area contributed by atoms with E-state index in [1.165, 1.54) is 6.07 Å². The van der Waals surface area contributed by atoms with Crippen molar-refractivity contribution in [2.24, 2.45) is 0 Å². The molecule has 1 aromatic heterocycles. The van der Waals surface area contributed by atoms with Crippen LogP contribution in [-0.4, -0.2) is 34.7 Å². The predicted octanol–water partition coefficient (Wildman–Crippen LogP) is 1.07. The number of aromatic nitrogens is 1. The number of amides is 1. The molecule has 0 bridgehead atoms. The lowest BCUT2D eigenvalue weighted by Crippen LogP contribution is -2.35. The van der Waals surface area contributed by atoms with Gasteiger partial charge in [0.15, 0.2) is 0 Å². The lowest BCUT2D eigenvalue weighted by Gasteiger charge is -2.08. The van der Waals surface area contributed by atoms with Crippen LogP contribution in [-0.2, 0) is 0 Å². The van der Waals surface area contributed by atoms with Crippen LogP contribution in [0.3, 0.4) is 0 Å². The fourth-order valence-corrected chi connectivity index (χ4v) is 1.02. The molecule has 0 fully saturated rings. The van der Waals surface area contributed by atoms with Crippen molar-refractivity contribution in [3.05, 3.63) is 29.6 Å². The molecule has 0 saturated carbocycles. The summed E-state index contributed by atoms with van der Waals surface area (Å²) in [6.45, 7) is -1.54. The number of nitrogens with zero attached hydrogens (tertiary/aromatic N) is 1. The summed E-state index contributed by atoms with van der Waals surface area (Å²) in [5.41, 5.74) is -1.00. The normalized spacial score (nSPS) is 11.0. The van der Waals surface area contributed by atoms with Crippen molar-refractivity contribution in [1.29, 1.82) is 0 Å². The van der Waals surface area contributed by atoms with Crippen molar-refractivity contribution in [3.8, 4) is 0 Å². The zero-order valence-corrected chi connectivity index (χ0v) is 8.28. The molecule has 0 spiro atoms. The zero-order valence-electron chi connectivity index (χ0n) is 8.28. The first kappa shape index (κ1) is 12.9. The van der Waals surface area contributed by atoms with E-state index in [9.17, 15) is 22.8 Å². The van der Waals surface area contributed by atoms with Gasteiger partial charge in [0.2, 0.25) is 0 Å². The molecule has 8 heteroatoms. The molecule has 0 aliphatic rings. The molecule has 5 nitrogen and oxygen atoms in total. The number of rotatable bonds is 3. The standard InChI is InChI=1S/C9H7F3N2O3/c10-9(11,12)4-14-7(15)6-5(8(16)17)2-1-3-13-6/h1-3H,4H2,(H,14,15)(H,16,17). The van der Waals surface area contributed by atoms with Crippen molar-refractivity contribution < 1.29 is 27.9 Å². The molecule has 17 heavy (non-hydrogen) atoms. The fourth-order valence-electron chi connectivity index (χ4n) is 1.02. The van der Waals surface area contributed by atoms with E-state index in [-0.39, 0.29) is 0 Å². The maximum absolute atomic E-state index is 11.8. The van der Waals surface area contributed by atoms with E-state index in [0.717, 1.165) is 12.3 Å². The monoisotopic (exact) mass is 248 g/mol. The molecule has 1 heterocycles. The number of carboxylic acid groups (broad SMARTS) is 1. The smallest absolute Gasteiger partial charge is 0.405 e.